The van der Waals surface area contributed by atoms with E-state index in [9.17, 15) is 9.59 Å². The standard InChI is InChI=1S/C16H24N4O3.2ClH/c17-6-5-15(21)19-14-3-1-13(2-4-14)16(22)18-7-8-20-9-11-23-12-10-20;;/h1-4H,5-12,17H2,(H,18,22)(H,19,21);2*1H. The molecular weight excluding hydrogens is 367 g/mol. The number of benzene rings is 1. The fourth-order valence-electron chi connectivity index (χ4n) is 2.31. The van der Waals surface area contributed by atoms with E-state index in [4.69, 9.17) is 10.5 Å². The molecule has 0 spiro atoms. The molecule has 0 radical (unpaired) electrons. The maximum Gasteiger partial charge on any atom is 0.251 e. The Labute approximate surface area is 160 Å². The van der Waals surface area contributed by atoms with Gasteiger partial charge in [-0.15, -0.1) is 24.8 Å². The maximum absolute atomic E-state index is 12.1. The third-order valence-corrected chi connectivity index (χ3v) is 3.62. The molecule has 142 valence electrons. The van der Waals surface area contributed by atoms with Crippen LogP contribution in [0.3, 0.4) is 0 Å². The van der Waals surface area contributed by atoms with Crippen LogP contribution in [0.5, 0.6) is 0 Å². The molecule has 1 aromatic carbocycles. The predicted octanol–water partition coefficient (Wildman–Crippen LogP) is 0.879. The Hall–Kier alpha value is -1.38. The molecule has 25 heavy (non-hydrogen) atoms. The van der Waals surface area contributed by atoms with E-state index in [2.05, 4.69) is 15.5 Å². The van der Waals surface area contributed by atoms with Gasteiger partial charge in [-0.05, 0) is 24.3 Å². The second kappa shape index (κ2) is 12.9. The topological polar surface area (TPSA) is 96.7 Å². The van der Waals surface area contributed by atoms with Crippen molar-refractivity contribution < 1.29 is 14.3 Å². The summed E-state index contributed by atoms with van der Waals surface area (Å²) in [7, 11) is 0. The van der Waals surface area contributed by atoms with E-state index in [1.54, 1.807) is 24.3 Å². The summed E-state index contributed by atoms with van der Waals surface area (Å²) in [6, 6.07) is 6.82. The number of nitrogens with two attached hydrogens (primary N) is 1. The molecule has 1 aliphatic heterocycles. The Kier molecular flexibility index (Phi) is 12.2. The van der Waals surface area contributed by atoms with Gasteiger partial charge in [0, 0.05) is 50.4 Å². The number of carbonyl (C=O) groups excluding carboxylic acids is 2. The minimum atomic E-state index is -0.129. The first kappa shape index (κ1) is 23.6. The van der Waals surface area contributed by atoms with Crippen LogP contribution in [0.15, 0.2) is 24.3 Å². The second-order valence-corrected chi connectivity index (χ2v) is 5.37. The van der Waals surface area contributed by atoms with Crippen LogP contribution in [0.25, 0.3) is 0 Å². The molecule has 4 N–H and O–H groups in total. The molecule has 0 unspecified atom stereocenters. The molecule has 2 rings (SSSR count). The van der Waals surface area contributed by atoms with Gasteiger partial charge in [0.1, 0.15) is 0 Å². The SMILES string of the molecule is Cl.Cl.NCCC(=O)Nc1ccc(C(=O)NCCN2CCOCC2)cc1. The molecule has 1 fully saturated rings. The van der Waals surface area contributed by atoms with Gasteiger partial charge in [0.05, 0.1) is 13.2 Å². The summed E-state index contributed by atoms with van der Waals surface area (Å²) < 4.78 is 5.28. The minimum absolute atomic E-state index is 0. The Bertz CT molecular complexity index is 523. The van der Waals surface area contributed by atoms with Crippen LogP contribution in [-0.4, -0.2) is 62.7 Å². The summed E-state index contributed by atoms with van der Waals surface area (Å²) in [6.45, 7) is 5.07. The normalized spacial score (nSPS) is 14.0. The summed E-state index contributed by atoms with van der Waals surface area (Å²) in [4.78, 5) is 25.8. The summed E-state index contributed by atoms with van der Waals surface area (Å²) >= 11 is 0. The predicted molar refractivity (Wildman–Crippen MR) is 103 cm³/mol. The Morgan fingerprint density at radius 3 is 2.36 bits per heavy atom. The number of anilines is 1. The maximum atomic E-state index is 12.1. The first-order valence-corrected chi connectivity index (χ1v) is 7.87. The lowest BCUT2D eigenvalue weighted by Gasteiger charge is -2.26. The zero-order valence-corrected chi connectivity index (χ0v) is 15.7. The van der Waals surface area contributed by atoms with Crippen molar-refractivity contribution in [1.29, 1.82) is 0 Å². The summed E-state index contributed by atoms with van der Waals surface area (Å²) in [6.07, 6.45) is 0.282. The first-order valence-electron chi connectivity index (χ1n) is 7.87. The van der Waals surface area contributed by atoms with Crippen molar-refractivity contribution in [2.75, 3.05) is 51.3 Å². The number of rotatable bonds is 7. The molecule has 9 heteroatoms. The Morgan fingerprint density at radius 2 is 1.76 bits per heavy atom. The number of nitrogens with one attached hydrogen (secondary N) is 2. The van der Waals surface area contributed by atoms with Crippen LogP contribution >= 0.6 is 24.8 Å². The molecule has 0 saturated carbocycles. The fourth-order valence-corrected chi connectivity index (χ4v) is 2.31. The number of halogens is 2. The third-order valence-electron chi connectivity index (χ3n) is 3.62. The largest absolute Gasteiger partial charge is 0.379 e. The van der Waals surface area contributed by atoms with Crippen LogP contribution in [0, 0.1) is 0 Å². The fraction of sp³-hybridized carbons (Fsp3) is 0.500. The highest BCUT2D eigenvalue weighted by Crippen LogP contribution is 2.09. The highest BCUT2D eigenvalue weighted by molar-refractivity contribution is 5.95. The van der Waals surface area contributed by atoms with Gasteiger partial charge < -0.3 is 21.1 Å². The summed E-state index contributed by atoms with van der Waals surface area (Å²) in [5, 5.41) is 5.63. The quantitative estimate of drug-likeness (QED) is 0.639. The van der Waals surface area contributed by atoms with E-state index in [1.165, 1.54) is 0 Å². The number of hydrogen-bond donors (Lipinski definition) is 3. The Morgan fingerprint density at radius 1 is 1.12 bits per heavy atom. The van der Waals surface area contributed by atoms with Crippen molar-refractivity contribution in [2.24, 2.45) is 5.73 Å². The van der Waals surface area contributed by atoms with E-state index >= 15 is 0 Å². The van der Waals surface area contributed by atoms with Crippen molar-refractivity contribution in [3.63, 3.8) is 0 Å². The molecule has 7 nitrogen and oxygen atoms in total. The lowest BCUT2D eigenvalue weighted by atomic mass is 10.2. The van der Waals surface area contributed by atoms with Gasteiger partial charge >= 0.3 is 0 Å². The van der Waals surface area contributed by atoms with Crippen LogP contribution in [-0.2, 0) is 9.53 Å². The van der Waals surface area contributed by atoms with Gasteiger partial charge in [-0.3, -0.25) is 14.5 Å². The van der Waals surface area contributed by atoms with Crippen molar-refractivity contribution in [3.05, 3.63) is 29.8 Å². The average molecular weight is 393 g/mol. The number of hydrogen-bond acceptors (Lipinski definition) is 5. The van der Waals surface area contributed by atoms with E-state index in [0.717, 1.165) is 32.8 Å². The molecular formula is C16H26Cl2N4O3. The highest BCUT2D eigenvalue weighted by atomic mass is 35.5. The van der Waals surface area contributed by atoms with E-state index in [-0.39, 0.29) is 43.0 Å². The molecule has 0 aromatic heterocycles. The van der Waals surface area contributed by atoms with Crippen LogP contribution in [0.2, 0.25) is 0 Å². The molecule has 1 aliphatic rings. The van der Waals surface area contributed by atoms with Gasteiger partial charge in [-0.2, -0.15) is 0 Å². The van der Waals surface area contributed by atoms with Gasteiger partial charge in [0.2, 0.25) is 5.91 Å². The van der Waals surface area contributed by atoms with Gasteiger partial charge in [0.25, 0.3) is 5.91 Å². The van der Waals surface area contributed by atoms with Crippen molar-refractivity contribution in [3.8, 4) is 0 Å². The van der Waals surface area contributed by atoms with Crippen LogP contribution in [0.1, 0.15) is 16.8 Å². The zero-order valence-electron chi connectivity index (χ0n) is 14.0. The number of carbonyl (C=O) groups is 2. The molecule has 1 aromatic rings. The van der Waals surface area contributed by atoms with E-state index in [0.29, 0.717) is 24.3 Å². The molecule has 1 heterocycles. The third kappa shape index (κ3) is 8.51. The number of nitrogens with zero attached hydrogens (tertiary/aromatic N) is 1. The number of ether oxygens (including phenoxy) is 1. The van der Waals surface area contributed by atoms with Crippen LogP contribution < -0.4 is 16.4 Å². The average Bonchev–Trinajstić information content (AvgIpc) is 2.56. The molecule has 0 bridgehead atoms. The van der Waals surface area contributed by atoms with Gasteiger partial charge in [0.15, 0.2) is 0 Å². The van der Waals surface area contributed by atoms with Crippen LogP contribution in [0.4, 0.5) is 5.69 Å². The van der Waals surface area contributed by atoms with Gasteiger partial charge in [-0.25, -0.2) is 0 Å². The summed E-state index contributed by atoms with van der Waals surface area (Å²) in [5.41, 5.74) is 6.56. The van der Waals surface area contributed by atoms with E-state index < -0.39 is 0 Å². The lowest BCUT2D eigenvalue weighted by molar-refractivity contribution is -0.116. The summed E-state index contributed by atoms with van der Waals surface area (Å²) in [5.74, 6) is -0.242. The van der Waals surface area contributed by atoms with Crippen molar-refractivity contribution >= 4 is 42.3 Å². The Balaban J connectivity index is 0.00000288. The van der Waals surface area contributed by atoms with Crippen molar-refractivity contribution in [2.45, 2.75) is 6.42 Å². The minimum Gasteiger partial charge on any atom is -0.379 e. The monoisotopic (exact) mass is 392 g/mol. The molecule has 0 atom stereocenters. The highest BCUT2D eigenvalue weighted by Gasteiger charge is 2.11. The number of morpholine rings is 1. The van der Waals surface area contributed by atoms with E-state index in [1.807, 2.05) is 0 Å². The van der Waals surface area contributed by atoms with Gasteiger partial charge in [-0.1, -0.05) is 0 Å². The lowest BCUT2D eigenvalue weighted by Crippen LogP contribution is -2.41. The zero-order chi connectivity index (χ0) is 16.5. The second-order valence-electron chi connectivity index (χ2n) is 5.37. The molecule has 2 amide bonds. The smallest absolute Gasteiger partial charge is 0.251 e. The first-order chi connectivity index (χ1) is 11.2. The molecule has 0 aliphatic carbocycles. The number of amides is 2. The van der Waals surface area contributed by atoms with Crippen molar-refractivity contribution in [1.82, 2.24) is 10.2 Å². The molecule has 1 saturated heterocycles.